The summed E-state index contributed by atoms with van der Waals surface area (Å²) in [5.74, 6) is 0.594. The molecule has 2 heterocycles. The number of benzene rings is 2. The zero-order valence-electron chi connectivity index (χ0n) is 22.6. The van der Waals surface area contributed by atoms with Crippen molar-refractivity contribution in [3.63, 3.8) is 0 Å². The number of anilines is 1. The summed E-state index contributed by atoms with van der Waals surface area (Å²) >= 11 is -0.211. The average Bonchev–Trinajstić information content (AvgIpc) is 3.68. The molecular formula is C30H37IN4O4. The number of aliphatic hydroxyl groups is 2. The number of aromatic nitrogens is 2. The second-order valence-electron chi connectivity index (χ2n) is 10.9. The van der Waals surface area contributed by atoms with Gasteiger partial charge in [0, 0.05) is 46.1 Å². The van der Waals surface area contributed by atoms with Crippen LogP contribution in [0, 0.1) is 16.4 Å². The molecule has 5 rings (SSSR count). The summed E-state index contributed by atoms with van der Waals surface area (Å²) in [6, 6.07) is 14.0. The summed E-state index contributed by atoms with van der Waals surface area (Å²) < 4.78 is 13.3. The molecule has 2 aromatic carbocycles. The van der Waals surface area contributed by atoms with Gasteiger partial charge >= 0.3 is 0 Å². The maximum Gasteiger partial charge on any atom is 0.259 e. The van der Waals surface area contributed by atoms with Crippen molar-refractivity contribution in [2.24, 2.45) is 5.92 Å². The lowest BCUT2D eigenvalue weighted by Crippen LogP contribution is -2.47. The largest absolute Gasteiger partial charge is 0.490 e. The Balaban J connectivity index is 1.30. The Hall–Kier alpha value is -2.60. The van der Waals surface area contributed by atoms with E-state index < -0.39 is 5.60 Å². The van der Waals surface area contributed by atoms with E-state index in [1.807, 2.05) is 37.3 Å². The number of aryl methyl sites for hydroxylation is 1. The molecule has 208 valence electrons. The molecule has 3 N–H and O–H groups in total. The van der Waals surface area contributed by atoms with E-state index in [1.165, 1.54) is 3.57 Å². The Kier molecular flexibility index (Phi) is 8.51. The first-order valence-electron chi connectivity index (χ1n) is 13.5. The summed E-state index contributed by atoms with van der Waals surface area (Å²) in [5, 5.41) is 27.8. The third-order valence-corrected chi connectivity index (χ3v) is 9.23. The van der Waals surface area contributed by atoms with Crippen LogP contribution in [0.5, 0.6) is 5.75 Å². The normalized spacial score (nSPS) is 19.4. The van der Waals surface area contributed by atoms with Crippen molar-refractivity contribution in [2.75, 3.05) is 25.0 Å². The third kappa shape index (κ3) is 6.77. The van der Waals surface area contributed by atoms with Gasteiger partial charge in [-0.1, -0.05) is 31.3 Å². The Bertz CT molecular complexity index is 1330. The highest BCUT2D eigenvalue weighted by molar-refractivity contribution is 14.2. The van der Waals surface area contributed by atoms with E-state index in [9.17, 15) is 15.0 Å². The fourth-order valence-corrected chi connectivity index (χ4v) is 5.88. The fraction of sp³-hybridized carbons (Fsp3) is 0.433. The highest BCUT2D eigenvalue weighted by atomic mass is 127. The van der Waals surface area contributed by atoms with Crippen LogP contribution in [0.3, 0.4) is 0 Å². The Morgan fingerprint density at radius 1 is 1.23 bits per heavy atom. The first-order valence-corrected chi connectivity index (χ1v) is 16.1. The molecule has 2 fully saturated rings. The molecule has 1 saturated heterocycles. The first-order chi connectivity index (χ1) is 18.8. The molecule has 1 saturated carbocycles. The molecule has 2 aliphatic rings. The second kappa shape index (κ2) is 11.9. The van der Waals surface area contributed by atoms with Gasteiger partial charge < -0.3 is 20.3 Å². The van der Waals surface area contributed by atoms with Crippen LogP contribution in [0.2, 0.25) is 0 Å². The summed E-state index contributed by atoms with van der Waals surface area (Å²) in [5.41, 5.74) is 2.74. The van der Waals surface area contributed by atoms with Gasteiger partial charge in [0.2, 0.25) is 0 Å². The standard InChI is InChI=1S/C30H37IN4O4/c1-20-27(18-35(33-20)25-10-7-23(31-3)8-11-25)29(37)32-24-9-6-21(28(15-24)39-26-12-13-26)16-34-14-4-5-22(17-34)30(2,38)19-36/h6-11,15,18,22,26,36,38H,3-5,12-14,16-17,19H2,1-2H3,(H,32,37)/t22?,30-/m1/s1. The van der Waals surface area contributed by atoms with Crippen LogP contribution in [0.4, 0.5) is 5.69 Å². The highest BCUT2D eigenvalue weighted by Gasteiger charge is 2.35. The van der Waals surface area contributed by atoms with Gasteiger partial charge in [0.15, 0.2) is 0 Å². The number of nitrogens with zero attached hydrogens (tertiary/aromatic N) is 3. The predicted octanol–water partition coefficient (Wildman–Crippen LogP) is 4.50. The molecule has 8 nitrogen and oxygen atoms in total. The topological polar surface area (TPSA) is 99.9 Å². The molecule has 9 heteroatoms. The van der Waals surface area contributed by atoms with Crippen LogP contribution in [0.15, 0.2) is 48.7 Å². The fourth-order valence-electron chi connectivity index (χ4n) is 5.01. The molecular weight excluding hydrogens is 607 g/mol. The number of carbonyl (C=O) groups excluding carboxylic acids is 1. The Labute approximate surface area is 239 Å². The maximum absolute atomic E-state index is 13.2. The number of halogens is 1. The monoisotopic (exact) mass is 644 g/mol. The van der Waals surface area contributed by atoms with Crippen LogP contribution in [-0.4, -0.2) is 66.7 Å². The van der Waals surface area contributed by atoms with E-state index in [0.717, 1.165) is 55.8 Å². The van der Waals surface area contributed by atoms with Gasteiger partial charge in [0.25, 0.3) is 5.91 Å². The smallest absolute Gasteiger partial charge is 0.259 e. The van der Waals surface area contributed by atoms with Crippen LogP contribution < -0.4 is 10.1 Å². The van der Waals surface area contributed by atoms with Gasteiger partial charge in [-0.2, -0.15) is 5.10 Å². The zero-order chi connectivity index (χ0) is 27.6. The number of piperidine rings is 1. The van der Waals surface area contributed by atoms with Gasteiger partial charge in [0.1, 0.15) is 5.75 Å². The van der Waals surface area contributed by atoms with Crippen LogP contribution in [0.1, 0.15) is 54.2 Å². The summed E-state index contributed by atoms with van der Waals surface area (Å²) in [7, 11) is 0. The minimum absolute atomic E-state index is 0.0230. The lowest BCUT2D eigenvalue weighted by atomic mass is 9.83. The SMILES string of the molecule is C=Ic1ccc(-n2cc(C(=O)Nc3ccc(CN4CCCC([C@](C)(O)CO)C4)c(OC4CC4)c3)c(C)n2)cc1. The van der Waals surface area contributed by atoms with Crippen molar-refractivity contribution in [2.45, 2.75) is 57.8 Å². The van der Waals surface area contributed by atoms with Crippen molar-refractivity contribution in [1.29, 1.82) is 0 Å². The Morgan fingerprint density at radius 3 is 2.69 bits per heavy atom. The lowest BCUT2D eigenvalue weighted by Gasteiger charge is -2.39. The molecule has 1 aliphatic carbocycles. The average molecular weight is 645 g/mol. The molecule has 0 bridgehead atoms. The van der Waals surface area contributed by atoms with E-state index in [0.29, 0.717) is 23.5 Å². The molecule has 1 aliphatic heterocycles. The molecule has 3 aromatic rings. The minimum atomic E-state index is -1.08. The summed E-state index contributed by atoms with van der Waals surface area (Å²) in [6.07, 6.45) is 5.94. The van der Waals surface area contributed by atoms with Gasteiger partial charge in [-0.3, -0.25) is 9.69 Å². The molecule has 0 radical (unpaired) electrons. The van der Waals surface area contributed by atoms with E-state index in [-0.39, 0.29) is 45.3 Å². The van der Waals surface area contributed by atoms with Crippen molar-refractivity contribution in [3.8, 4) is 11.4 Å². The first kappa shape index (κ1) is 27.9. The second-order valence-corrected chi connectivity index (χ2v) is 12.9. The number of ether oxygens (including phenoxy) is 1. The number of rotatable bonds is 10. The van der Waals surface area contributed by atoms with E-state index in [2.05, 4.69) is 32.0 Å². The molecule has 1 unspecified atom stereocenters. The number of likely N-dealkylation sites (tertiary alicyclic amines) is 1. The van der Waals surface area contributed by atoms with Gasteiger partial charge in [-0.15, -0.1) is 0 Å². The van der Waals surface area contributed by atoms with Crippen LogP contribution >= 0.6 is 20.7 Å². The quantitative estimate of drug-likeness (QED) is 0.281. The van der Waals surface area contributed by atoms with Gasteiger partial charge in [-0.25, -0.2) is 4.68 Å². The van der Waals surface area contributed by atoms with Crippen molar-refractivity contribution >= 4 is 36.8 Å². The Morgan fingerprint density at radius 2 is 2.00 bits per heavy atom. The molecule has 2 atom stereocenters. The molecule has 39 heavy (non-hydrogen) atoms. The van der Waals surface area contributed by atoms with E-state index in [4.69, 9.17) is 4.74 Å². The van der Waals surface area contributed by atoms with Crippen LogP contribution in [0.25, 0.3) is 5.69 Å². The zero-order valence-corrected chi connectivity index (χ0v) is 24.7. The molecule has 1 aromatic heterocycles. The minimum Gasteiger partial charge on any atom is -0.490 e. The van der Waals surface area contributed by atoms with E-state index >= 15 is 0 Å². The highest BCUT2D eigenvalue weighted by Crippen LogP contribution is 2.34. The van der Waals surface area contributed by atoms with Crippen molar-refractivity contribution < 1.29 is 19.7 Å². The maximum atomic E-state index is 13.2. The third-order valence-electron chi connectivity index (χ3n) is 7.63. The number of hydrogen-bond acceptors (Lipinski definition) is 6. The molecule has 1 amide bonds. The van der Waals surface area contributed by atoms with Crippen LogP contribution in [-0.2, 0) is 6.54 Å². The number of aliphatic hydroxyl groups excluding tert-OH is 1. The van der Waals surface area contributed by atoms with Gasteiger partial charge in [0.05, 0.1) is 35.3 Å². The number of nitrogens with one attached hydrogen (secondary N) is 1. The number of hydrogen-bond donors (Lipinski definition) is 3. The lowest BCUT2D eigenvalue weighted by molar-refractivity contribution is -0.0697. The number of carbonyl (C=O) groups is 1. The predicted molar refractivity (Wildman–Crippen MR) is 162 cm³/mol. The summed E-state index contributed by atoms with van der Waals surface area (Å²) in [6.45, 7) is 5.66. The number of amides is 1. The van der Waals surface area contributed by atoms with E-state index in [1.54, 1.807) is 17.8 Å². The van der Waals surface area contributed by atoms with Crippen molar-refractivity contribution in [3.05, 3.63) is 69.1 Å². The molecule has 0 spiro atoms. The summed E-state index contributed by atoms with van der Waals surface area (Å²) in [4.78, 5) is 15.5. The van der Waals surface area contributed by atoms with Gasteiger partial charge in [-0.05, 0) is 76.4 Å². The van der Waals surface area contributed by atoms with Crippen molar-refractivity contribution in [1.82, 2.24) is 14.7 Å².